The van der Waals surface area contributed by atoms with Crippen molar-refractivity contribution in [2.75, 3.05) is 0 Å². The highest BCUT2D eigenvalue weighted by Crippen LogP contribution is 2.30. The van der Waals surface area contributed by atoms with Crippen LogP contribution in [0.1, 0.15) is 26.2 Å². The first-order chi connectivity index (χ1) is 4.34. The molecule has 0 bridgehead atoms. The summed E-state index contributed by atoms with van der Waals surface area (Å²) in [5, 5.41) is 0. The minimum absolute atomic E-state index is 1.24. The van der Waals surface area contributed by atoms with Crippen LogP contribution in [0.5, 0.6) is 0 Å². The Morgan fingerprint density at radius 3 is 2.67 bits per heavy atom. The van der Waals surface area contributed by atoms with Crippen LogP contribution in [0, 0.1) is 0 Å². The van der Waals surface area contributed by atoms with Crippen LogP contribution in [-0.2, 0) is 0 Å². The zero-order valence-electron chi connectivity index (χ0n) is 5.65. The maximum absolute atomic E-state index is 3.53. The van der Waals surface area contributed by atoms with Crippen LogP contribution >= 0.6 is 15.9 Å². The summed E-state index contributed by atoms with van der Waals surface area (Å²) >= 11 is 3.53. The highest BCUT2D eigenvalue weighted by Gasteiger charge is 2.07. The van der Waals surface area contributed by atoms with E-state index < -0.39 is 0 Å². The van der Waals surface area contributed by atoms with Gasteiger partial charge < -0.3 is 0 Å². The molecule has 1 aliphatic rings. The average molecular weight is 187 g/mol. The third kappa shape index (κ3) is 1.68. The lowest BCUT2D eigenvalue weighted by Crippen LogP contribution is -1.68. The van der Waals surface area contributed by atoms with E-state index in [9.17, 15) is 0 Å². The van der Waals surface area contributed by atoms with E-state index in [1.807, 2.05) is 0 Å². The van der Waals surface area contributed by atoms with Gasteiger partial charge in [0.15, 0.2) is 0 Å². The second-order valence-corrected chi connectivity index (χ2v) is 3.24. The largest absolute Gasteiger partial charge is 0.0874 e. The molecule has 0 saturated heterocycles. The summed E-state index contributed by atoms with van der Waals surface area (Å²) in [5.74, 6) is 0. The van der Waals surface area contributed by atoms with Crippen molar-refractivity contribution in [2.24, 2.45) is 0 Å². The Bertz CT molecular complexity index is 154. The molecule has 0 spiro atoms. The van der Waals surface area contributed by atoms with E-state index in [1.54, 1.807) is 0 Å². The van der Waals surface area contributed by atoms with E-state index >= 15 is 0 Å². The fraction of sp³-hybridized carbons (Fsp3) is 0.500. The third-order valence-electron chi connectivity index (χ3n) is 1.56. The lowest BCUT2D eigenvalue weighted by Gasteiger charge is -1.89. The normalized spacial score (nSPS) is 20.2. The topological polar surface area (TPSA) is 0 Å². The molecule has 1 aliphatic carbocycles. The van der Waals surface area contributed by atoms with E-state index in [4.69, 9.17) is 0 Å². The summed E-state index contributed by atoms with van der Waals surface area (Å²) in [6, 6.07) is 0. The zero-order valence-corrected chi connectivity index (χ0v) is 7.24. The molecule has 1 heteroatoms. The van der Waals surface area contributed by atoms with Crippen molar-refractivity contribution in [1.29, 1.82) is 0 Å². The summed E-state index contributed by atoms with van der Waals surface area (Å²) in [6.45, 7) is 2.06. The van der Waals surface area contributed by atoms with E-state index in [2.05, 4.69) is 35.0 Å². The van der Waals surface area contributed by atoms with Gasteiger partial charge >= 0.3 is 0 Å². The average Bonchev–Trinajstić information content (AvgIpc) is 2.18. The SMILES string of the molecule is C/C=C/C1=C(Br)CCC1. The highest BCUT2D eigenvalue weighted by molar-refractivity contribution is 9.11. The van der Waals surface area contributed by atoms with E-state index in [0.29, 0.717) is 0 Å². The summed E-state index contributed by atoms with van der Waals surface area (Å²) in [6.07, 6.45) is 8.10. The Hall–Kier alpha value is -0.0400. The van der Waals surface area contributed by atoms with Gasteiger partial charge in [0.25, 0.3) is 0 Å². The second-order valence-electron chi connectivity index (χ2n) is 2.28. The standard InChI is InChI=1S/C8H11Br/c1-2-4-7-5-3-6-8(7)9/h2,4H,3,5-6H2,1H3/b4-2+. The summed E-state index contributed by atoms with van der Waals surface area (Å²) < 4.78 is 1.40. The molecule has 0 N–H and O–H groups in total. The van der Waals surface area contributed by atoms with Crippen molar-refractivity contribution in [3.8, 4) is 0 Å². The molecule has 0 saturated carbocycles. The van der Waals surface area contributed by atoms with Gasteiger partial charge in [0.1, 0.15) is 0 Å². The van der Waals surface area contributed by atoms with Crippen LogP contribution in [0.2, 0.25) is 0 Å². The number of hydrogen-bond donors (Lipinski definition) is 0. The van der Waals surface area contributed by atoms with Gasteiger partial charge in [-0.2, -0.15) is 0 Å². The third-order valence-corrected chi connectivity index (χ3v) is 2.46. The molecule has 9 heavy (non-hydrogen) atoms. The maximum Gasteiger partial charge on any atom is -0.00174 e. The minimum Gasteiger partial charge on any atom is -0.0874 e. The molecule has 50 valence electrons. The monoisotopic (exact) mass is 186 g/mol. The van der Waals surface area contributed by atoms with Gasteiger partial charge in [-0.1, -0.05) is 28.1 Å². The first-order valence-corrected chi connectivity index (χ1v) is 4.14. The van der Waals surface area contributed by atoms with Gasteiger partial charge in [-0.25, -0.2) is 0 Å². The van der Waals surface area contributed by atoms with Crippen LogP contribution in [0.3, 0.4) is 0 Å². The molecular weight excluding hydrogens is 176 g/mol. The van der Waals surface area contributed by atoms with Crippen molar-refractivity contribution in [3.63, 3.8) is 0 Å². The fourth-order valence-corrected chi connectivity index (χ4v) is 1.72. The van der Waals surface area contributed by atoms with E-state index in [1.165, 1.54) is 29.3 Å². The summed E-state index contributed by atoms with van der Waals surface area (Å²) in [7, 11) is 0. The molecule has 0 heterocycles. The Balaban J connectivity index is 2.66. The van der Waals surface area contributed by atoms with Crippen LogP contribution < -0.4 is 0 Å². The van der Waals surface area contributed by atoms with Crippen LogP contribution in [0.25, 0.3) is 0 Å². The minimum atomic E-state index is 1.24. The molecule has 0 aromatic heterocycles. The van der Waals surface area contributed by atoms with Gasteiger partial charge in [0.05, 0.1) is 0 Å². The smallest absolute Gasteiger partial charge is 0.00174 e. The number of hydrogen-bond acceptors (Lipinski definition) is 0. The van der Waals surface area contributed by atoms with Gasteiger partial charge in [-0.15, -0.1) is 0 Å². The predicted octanol–water partition coefficient (Wildman–Crippen LogP) is 3.40. The highest BCUT2D eigenvalue weighted by atomic mass is 79.9. The molecule has 0 aliphatic heterocycles. The Labute approximate surface area is 64.8 Å². The van der Waals surface area contributed by atoms with Crippen LogP contribution in [0.4, 0.5) is 0 Å². The van der Waals surface area contributed by atoms with E-state index in [-0.39, 0.29) is 0 Å². The second kappa shape index (κ2) is 3.21. The zero-order chi connectivity index (χ0) is 6.69. The van der Waals surface area contributed by atoms with Gasteiger partial charge in [-0.05, 0) is 36.2 Å². The first kappa shape index (κ1) is 7.07. The fourth-order valence-electron chi connectivity index (χ4n) is 1.11. The molecule has 0 radical (unpaired) electrons. The number of rotatable bonds is 1. The van der Waals surface area contributed by atoms with Crippen molar-refractivity contribution >= 4 is 15.9 Å². The molecule has 0 amide bonds. The van der Waals surface area contributed by atoms with Crippen LogP contribution in [-0.4, -0.2) is 0 Å². The molecule has 0 nitrogen and oxygen atoms in total. The van der Waals surface area contributed by atoms with Crippen molar-refractivity contribution < 1.29 is 0 Å². The Morgan fingerprint density at radius 1 is 1.44 bits per heavy atom. The Kier molecular flexibility index (Phi) is 2.52. The van der Waals surface area contributed by atoms with Crippen molar-refractivity contribution in [3.05, 3.63) is 22.2 Å². The predicted molar refractivity (Wildman–Crippen MR) is 44.6 cm³/mol. The van der Waals surface area contributed by atoms with Gasteiger partial charge in [0.2, 0.25) is 0 Å². The quantitative estimate of drug-likeness (QED) is 0.590. The molecule has 0 aromatic carbocycles. The number of allylic oxidation sites excluding steroid dienone is 4. The molecule has 0 aromatic rings. The molecule has 0 fully saturated rings. The molecule has 1 rings (SSSR count). The van der Waals surface area contributed by atoms with Crippen molar-refractivity contribution in [2.45, 2.75) is 26.2 Å². The Morgan fingerprint density at radius 2 is 2.22 bits per heavy atom. The van der Waals surface area contributed by atoms with E-state index in [0.717, 1.165) is 0 Å². The number of halogens is 1. The lowest BCUT2D eigenvalue weighted by molar-refractivity contribution is 0.914. The van der Waals surface area contributed by atoms with Crippen molar-refractivity contribution in [1.82, 2.24) is 0 Å². The lowest BCUT2D eigenvalue weighted by atomic mass is 10.2. The molecule has 0 unspecified atom stereocenters. The molecular formula is C8H11Br. The van der Waals surface area contributed by atoms with Gasteiger partial charge in [0, 0.05) is 0 Å². The maximum atomic E-state index is 3.53. The summed E-state index contributed by atoms with van der Waals surface area (Å²) in [4.78, 5) is 0. The van der Waals surface area contributed by atoms with Crippen LogP contribution in [0.15, 0.2) is 22.2 Å². The molecule has 0 atom stereocenters. The van der Waals surface area contributed by atoms with Gasteiger partial charge in [-0.3, -0.25) is 0 Å². The first-order valence-electron chi connectivity index (χ1n) is 3.35. The summed E-state index contributed by atoms with van der Waals surface area (Å²) in [5.41, 5.74) is 1.48.